The van der Waals surface area contributed by atoms with Crippen molar-refractivity contribution in [2.45, 2.75) is 6.92 Å². The Morgan fingerprint density at radius 1 is 1.47 bits per heavy atom. The molecule has 1 amide bonds. The molecule has 0 fully saturated rings. The lowest BCUT2D eigenvalue weighted by molar-refractivity contribution is -0.111. The Bertz CT molecular complexity index is 458. The molecule has 5 nitrogen and oxygen atoms in total. The molecule has 90 valence electrons. The van der Waals surface area contributed by atoms with Crippen LogP contribution in [0.15, 0.2) is 30.4 Å². The van der Waals surface area contributed by atoms with E-state index < -0.39 is 0 Å². The first kappa shape index (κ1) is 13.2. The molecule has 1 N–H and O–H groups in total. The van der Waals surface area contributed by atoms with Gasteiger partial charge in [0.2, 0.25) is 11.8 Å². The third-order valence-electron chi connectivity index (χ3n) is 1.67. The summed E-state index contributed by atoms with van der Waals surface area (Å²) in [6.45, 7) is 1.85. The van der Waals surface area contributed by atoms with Gasteiger partial charge in [0, 0.05) is 12.1 Å². The molecule has 1 heterocycles. The van der Waals surface area contributed by atoms with Crippen LogP contribution < -0.4 is 10.1 Å². The minimum absolute atomic E-state index is 0.101. The summed E-state index contributed by atoms with van der Waals surface area (Å²) in [5.74, 6) is 0.0506. The molecule has 0 saturated carbocycles. The number of hydrogen-bond donors (Lipinski definition) is 1. The van der Waals surface area contributed by atoms with Crippen LogP contribution in [0.1, 0.15) is 6.92 Å². The fraction of sp³-hybridized carbons (Fsp3) is 0.182. The summed E-state index contributed by atoms with van der Waals surface area (Å²) < 4.78 is 4.90. The van der Waals surface area contributed by atoms with Crippen LogP contribution in [0.25, 0.3) is 0 Å². The van der Waals surface area contributed by atoms with Crippen LogP contribution in [0.5, 0.6) is 5.88 Å². The topological polar surface area (TPSA) is 64.1 Å². The van der Waals surface area contributed by atoms with Crippen LogP contribution in [0.4, 0.5) is 5.95 Å². The molecule has 0 spiro atoms. The van der Waals surface area contributed by atoms with Crippen molar-refractivity contribution < 1.29 is 9.53 Å². The van der Waals surface area contributed by atoms with E-state index in [2.05, 4.69) is 15.3 Å². The van der Waals surface area contributed by atoms with E-state index in [0.29, 0.717) is 0 Å². The van der Waals surface area contributed by atoms with Crippen LogP contribution in [-0.2, 0) is 4.79 Å². The van der Waals surface area contributed by atoms with Crippen molar-refractivity contribution in [3.05, 3.63) is 35.5 Å². The molecule has 0 bridgehead atoms. The van der Waals surface area contributed by atoms with Crippen molar-refractivity contribution in [3.63, 3.8) is 0 Å². The molecule has 0 saturated heterocycles. The summed E-state index contributed by atoms with van der Waals surface area (Å²) >= 11 is 5.73. The van der Waals surface area contributed by atoms with Gasteiger partial charge in [-0.2, -0.15) is 4.98 Å². The highest BCUT2D eigenvalue weighted by atomic mass is 35.5. The number of ether oxygens (including phenoxy) is 1. The van der Waals surface area contributed by atoms with Gasteiger partial charge in [-0.05, 0) is 6.92 Å². The Labute approximate surface area is 104 Å². The summed E-state index contributed by atoms with van der Waals surface area (Å²) in [5.41, 5.74) is 0. The first-order chi connectivity index (χ1) is 8.15. The first-order valence-corrected chi connectivity index (χ1v) is 5.22. The van der Waals surface area contributed by atoms with E-state index in [9.17, 15) is 4.79 Å². The molecule has 0 aliphatic carbocycles. The van der Waals surface area contributed by atoms with E-state index >= 15 is 0 Å². The Hall–Kier alpha value is -1.88. The van der Waals surface area contributed by atoms with Crippen LogP contribution in [-0.4, -0.2) is 23.0 Å². The van der Waals surface area contributed by atoms with Gasteiger partial charge in [0.25, 0.3) is 5.91 Å². The predicted molar refractivity (Wildman–Crippen MR) is 66.2 cm³/mol. The highest BCUT2D eigenvalue weighted by molar-refractivity contribution is 6.29. The number of rotatable bonds is 4. The minimum atomic E-state index is -0.340. The third-order valence-corrected chi connectivity index (χ3v) is 1.86. The van der Waals surface area contributed by atoms with Crippen molar-refractivity contribution >= 4 is 23.5 Å². The maximum atomic E-state index is 11.4. The van der Waals surface area contributed by atoms with E-state index in [1.54, 1.807) is 12.2 Å². The van der Waals surface area contributed by atoms with Crippen molar-refractivity contribution in [1.82, 2.24) is 9.97 Å². The lowest BCUT2D eigenvalue weighted by Gasteiger charge is -2.03. The van der Waals surface area contributed by atoms with E-state index in [1.807, 2.05) is 13.0 Å². The molecular weight excluding hydrogens is 242 g/mol. The zero-order chi connectivity index (χ0) is 12.7. The maximum absolute atomic E-state index is 11.4. The average molecular weight is 254 g/mol. The molecular formula is C11H12ClN3O2. The molecule has 1 aromatic heterocycles. The number of allylic oxidation sites excluding steroid dienone is 3. The number of anilines is 1. The fourth-order valence-corrected chi connectivity index (χ4v) is 1.14. The van der Waals surface area contributed by atoms with E-state index in [4.69, 9.17) is 16.3 Å². The van der Waals surface area contributed by atoms with Gasteiger partial charge in [0.05, 0.1) is 7.11 Å². The summed E-state index contributed by atoms with van der Waals surface area (Å²) in [5, 5.41) is 2.67. The number of carbonyl (C=O) groups is 1. The molecule has 1 rings (SSSR count). The van der Waals surface area contributed by atoms with Gasteiger partial charge < -0.3 is 4.74 Å². The van der Waals surface area contributed by atoms with Crippen molar-refractivity contribution in [2.75, 3.05) is 12.4 Å². The number of carbonyl (C=O) groups excluding carboxylic acids is 1. The number of nitrogens with zero attached hydrogens (tertiary/aromatic N) is 2. The lowest BCUT2D eigenvalue weighted by Crippen LogP contribution is -2.11. The highest BCUT2D eigenvalue weighted by Crippen LogP contribution is 2.15. The average Bonchev–Trinajstić information content (AvgIpc) is 2.28. The molecule has 0 aromatic carbocycles. The summed E-state index contributed by atoms with van der Waals surface area (Å²) in [6, 6.07) is 1.45. The number of amides is 1. The van der Waals surface area contributed by atoms with Crippen molar-refractivity contribution in [1.29, 1.82) is 0 Å². The molecule has 0 atom stereocenters. The first-order valence-electron chi connectivity index (χ1n) is 4.84. The molecule has 0 unspecified atom stereocenters. The smallest absolute Gasteiger partial charge is 0.250 e. The summed E-state index contributed by atoms with van der Waals surface area (Å²) in [4.78, 5) is 19.2. The van der Waals surface area contributed by atoms with Crippen LogP contribution in [0.3, 0.4) is 0 Å². The monoisotopic (exact) mass is 253 g/mol. The normalized spacial score (nSPS) is 11.0. The summed E-state index contributed by atoms with van der Waals surface area (Å²) in [6.07, 6.45) is 6.51. The standard InChI is InChI=1S/C11H12ClN3O2/c1-3-4-5-6-9(16)14-11-13-8(12)7-10(15-11)17-2/h3-7H,1-2H3,(H,13,14,15,16)/b4-3?,6-5+. The van der Waals surface area contributed by atoms with Crippen LogP contribution in [0.2, 0.25) is 5.15 Å². The number of nitrogens with one attached hydrogen (secondary N) is 1. The maximum Gasteiger partial charge on any atom is 0.250 e. The molecule has 0 aliphatic rings. The molecule has 17 heavy (non-hydrogen) atoms. The molecule has 0 radical (unpaired) electrons. The predicted octanol–water partition coefficient (Wildman–Crippen LogP) is 2.21. The summed E-state index contributed by atoms with van der Waals surface area (Å²) in [7, 11) is 1.45. The number of methoxy groups -OCH3 is 1. The second-order valence-corrected chi connectivity index (χ2v) is 3.32. The van der Waals surface area contributed by atoms with Gasteiger partial charge in [-0.15, -0.1) is 0 Å². The second kappa shape index (κ2) is 6.65. The zero-order valence-corrected chi connectivity index (χ0v) is 10.2. The Morgan fingerprint density at radius 3 is 2.88 bits per heavy atom. The van der Waals surface area contributed by atoms with E-state index in [1.165, 1.54) is 19.3 Å². The lowest BCUT2D eigenvalue weighted by atomic mass is 10.4. The van der Waals surface area contributed by atoms with Gasteiger partial charge in [0.1, 0.15) is 5.15 Å². The van der Waals surface area contributed by atoms with Crippen LogP contribution in [0, 0.1) is 0 Å². The highest BCUT2D eigenvalue weighted by Gasteiger charge is 2.05. The zero-order valence-electron chi connectivity index (χ0n) is 9.48. The van der Waals surface area contributed by atoms with E-state index in [0.717, 1.165) is 0 Å². The largest absolute Gasteiger partial charge is 0.481 e. The number of aromatic nitrogens is 2. The van der Waals surface area contributed by atoms with Crippen molar-refractivity contribution in [2.24, 2.45) is 0 Å². The molecule has 0 aliphatic heterocycles. The second-order valence-electron chi connectivity index (χ2n) is 2.93. The Morgan fingerprint density at radius 2 is 2.24 bits per heavy atom. The third kappa shape index (κ3) is 4.65. The SMILES string of the molecule is CC=C/C=C/C(=O)Nc1nc(Cl)cc(OC)n1. The minimum Gasteiger partial charge on any atom is -0.481 e. The van der Waals surface area contributed by atoms with Gasteiger partial charge in [-0.3, -0.25) is 10.1 Å². The van der Waals surface area contributed by atoms with Gasteiger partial charge >= 0.3 is 0 Å². The molecule has 1 aromatic rings. The van der Waals surface area contributed by atoms with Gasteiger partial charge in [0.15, 0.2) is 0 Å². The van der Waals surface area contributed by atoms with E-state index in [-0.39, 0.29) is 22.9 Å². The Kier molecular flexibility index (Phi) is 5.16. The number of halogens is 1. The van der Waals surface area contributed by atoms with Crippen molar-refractivity contribution in [3.8, 4) is 5.88 Å². The Balaban J connectivity index is 2.74. The molecule has 6 heteroatoms. The quantitative estimate of drug-likeness (QED) is 0.508. The van der Waals surface area contributed by atoms with Gasteiger partial charge in [-0.1, -0.05) is 29.8 Å². The van der Waals surface area contributed by atoms with Gasteiger partial charge in [-0.25, -0.2) is 4.98 Å². The fourth-order valence-electron chi connectivity index (χ4n) is 0.963. The van der Waals surface area contributed by atoms with Crippen LogP contribution >= 0.6 is 11.6 Å². The number of hydrogen-bond acceptors (Lipinski definition) is 4.